The summed E-state index contributed by atoms with van der Waals surface area (Å²) in [4.78, 5) is 10.9. The van der Waals surface area contributed by atoms with Gasteiger partial charge in [0.15, 0.2) is 0 Å². The third kappa shape index (κ3) is 1.31. The summed E-state index contributed by atoms with van der Waals surface area (Å²) >= 11 is 0. The van der Waals surface area contributed by atoms with E-state index in [2.05, 4.69) is 10.2 Å². The van der Waals surface area contributed by atoms with E-state index in [-0.39, 0.29) is 10.5 Å². The summed E-state index contributed by atoms with van der Waals surface area (Å²) in [6.45, 7) is 3.06. The largest absolute Gasteiger partial charge is 0.569 e. The van der Waals surface area contributed by atoms with E-state index in [1.54, 1.807) is 0 Å². The molecular formula is C6H8N4O2. The van der Waals surface area contributed by atoms with Crippen LogP contribution >= 0.6 is 0 Å². The summed E-state index contributed by atoms with van der Waals surface area (Å²) < 4.78 is 0. The van der Waals surface area contributed by atoms with Crippen LogP contribution in [0.15, 0.2) is 0 Å². The number of aromatic nitrogens is 3. The summed E-state index contributed by atoms with van der Waals surface area (Å²) in [7, 11) is 0. The first-order valence-electron chi connectivity index (χ1n) is 3.27. The molecule has 0 saturated heterocycles. The molecular weight excluding hydrogens is 160 g/mol. The van der Waals surface area contributed by atoms with E-state index in [9.17, 15) is 10.0 Å². The van der Waals surface area contributed by atoms with Crippen LogP contribution in [0.25, 0.3) is 0 Å². The Labute approximate surface area is 68.6 Å². The Hall–Kier alpha value is -1.72. The molecule has 6 nitrogen and oxygen atoms in total. The van der Waals surface area contributed by atoms with Gasteiger partial charge in [-0.15, -0.1) is 0 Å². The van der Waals surface area contributed by atoms with Crippen LogP contribution in [-0.2, 0) is 0 Å². The minimum Gasteiger partial charge on any atom is -0.569 e. The second-order valence-electron chi connectivity index (χ2n) is 2.36. The molecule has 0 aromatic carbocycles. The number of hydrogen-bond acceptors (Lipinski definition) is 4. The molecule has 0 atom stereocenters. The molecule has 0 unspecified atom stereocenters. The third-order valence-corrected chi connectivity index (χ3v) is 1.44. The molecule has 1 heterocycles. The quantitative estimate of drug-likeness (QED) is 0.422. The van der Waals surface area contributed by atoms with Gasteiger partial charge < -0.3 is 10.9 Å². The van der Waals surface area contributed by atoms with Crippen molar-refractivity contribution in [3.05, 3.63) is 22.2 Å². The number of primary amides is 1. The fourth-order valence-corrected chi connectivity index (χ4v) is 0.997. The average Bonchev–Trinajstić information content (AvgIpc) is 1.82. The van der Waals surface area contributed by atoms with Crippen LogP contribution in [-0.4, -0.2) is 16.1 Å². The molecule has 0 aliphatic rings. The Morgan fingerprint density at radius 3 is 2.17 bits per heavy atom. The Morgan fingerprint density at radius 2 is 1.83 bits per heavy atom. The van der Waals surface area contributed by atoms with Crippen molar-refractivity contribution in [3.8, 4) is 0 Å². The number of nitrogens with zero attached hydrogens (tertiary/aromatic N) is 3. The van der Waals surface area contributed by atoms with Gasteiger partial charge >= 0.3 is 0 Å². The van der Waals surface area contributed by atoms with Crippen LogP contribution in [0.2, 0.25) is 0 Å². The number of amides is 1. The van der Waals surface area contributed by atoms with Crippen molar-refractivity contribution in [1.82, 2.24) is 10.2 Å². The van der Waals surface area contributed by atoms with E-state index in [0.717, 1.165) is 0 Å². The monoisotopic (exact) mass is 168 g/mol. The number of aryl methyl sites for hydroxylation is 2. The lowest BCUT2D eigenvalue weighted by Crippen LogP contribution is -2.39. The number of nitrogens with two attached hydrogens (primary N) is 1. The molecule has 1 aromatic heterocycles. The van der Waals surface area contributed by atoms with Crippen LogP contribution in [0, 0.1) is 19.1 Å². The second-order valence-corrected chi connectivity index (χ2v) is 2.36. The molecule has 0 bridgehead atoms. The zero-order valence-corrected chi connectivity index (χ0v) is 6.74. The summed E-state index contributed by atoms with van der Waals surface area (Å²) in [6, 6.07) is 0. The molecule has 0 spiro atoms. The fourth-order valence-electron chi connectivity index (χ4n) is 0.997. The summed E-state index contributed by atoms with van der Waals surface area (Å²) in [5, 5.41) is 17.4. The van der Waals surface area contributed by atoms with Crippen LogP contribution in [0.1, 0.15) is 21.7 Å². The van der Waals surface area contributed by atoms with E-state index in [1.807, 2.05) is 0 Å². The SMILES string of the molecule is Cc1n[n+]([O-])nc(C)c1C(N)=O. The highest BCUT2D eigenvalue weighted by Gasteiger charge is 2.15. The minimum absolute atomic E-state index is 0.164. The van der Waals surface area contributed by atoms with Gasteiger partial charge in [0.25, 0.3) is 5.91 Å². The first-order valence-corrected chi connectivity index (χ1v) is 3.27. The number of hydrogen-bond donors (Lipinski definition) is 1. The zero-order valence-electron chi connectivity index (χ0n) is 6.74. The lowest BCUT2D eigenvalue weighted by atomic mass is 10.2. The lowest BCUT2D eigenvalue weighted by Gasteiger charge is -2.00. The summed E-state index contributed by atoms with van der Waals surface area (Å²) in [5.74, 6) is -0.620. The lowest BCUT2D eigenvalue weighted by molar-refractivity contribution is -0.729. The van der Waals surface area contributed by atoms with Gasteiger partial charge in [-0.1, -0.05) is 0 Å². The second kappa shape index (κ2) is 2.72. The maximum Gasteiger partial charge on any atom is 0.252 e. The standard InChI is InChI=1S/C6H8N4O2/c1-3-5(6(7)11)4(2)9-10(12)8-3/h1-2H3,(H2,7,11). The zero-order chi connectivity index (χ0) is 9.30. The maximum atomic E-state index is 10.8. The van der Waals surface area contributed by atoms with Crippen molar-refractivity contribution in [2.24, 2.45) is 5.73 Å². The first kappa shape index (κ1) is 8.38. The van der Waals surface area contributed by atoms with E-state index in [0.29, 0.717) is 11.4 Å². The average molecular weight is 168 g/mol. The number of rotatable bonds is 1. The topological polar surface area (TPSA) is 95.8 Å². The fraction of sp³-hybridized carbons (Fsp3) is 0.333. The van der Waals surface area contributed by atoms with Crippen molar-refractivity contribution in [2.75, 3.05) is 0 Å². The molecule has 0 saturated carbocycles. The molecule has 0 aliphatic heterocycles. The summed E-state index contributed by atoms with van der Waals surface area (Å²) in [5.41, 5.74) is 5.84. The van der Waals surface area contributed by atoms with Crippen molar-refractivity contribution in [3.63, 3.8) is 0 Å². The van der Waals surface area contributed by atoms with Gasteiger partial charge in [-0.25, -0.2) is 0 Å². The molecule has 1 rings (SSSR count). The van der Waals surface area contributed by atoms with Gasteiger partial charge in [-0.05, 0) is 13.8 Å². The van der Waals surface area contributed by atoms with Gasteiger partial charge in [0.05, 0.1) is 10.5 Å². The number of carbonyl (C=O) groups is 1. The summed E-state index contributed by atoms with van der Waals surface area (Å²) in [6.07, 6.45) is 0. The third-order valence-electron chi connectivity index (χ3n) is 1.44. The van der Waals surface area contributed by atoms with E-state index < -0.39 is 5.91 Å². The van der Waals surface area contributed by atoms with Crippen LogP contribution in [0.5, 0.6) is 0 Å². The molecule has 1 aromatic rings. The van der Waals surface area contributed by atoms with E-state index in [1.165, 1.54) is 13.8 Å². The molecule has 0 aliphatic carbocycles. The predicted octanol–water partition coefficient (Wildman–Crippen LogP) is -1.17. The molecule has 1 amide bonds. The molecule has 0 fully saturated rings. The Kier molecular flexibility index (Phi) is 1.90. The predicted molar refractivity (Wildman–Crippen MR) is 39.0 cm³/mol. The van der Waals surface area contributed by atoms with Crippen LogP contribution in [0.3, 0.4) is 0 Å². The number of carbonyl (C=O) groups excluding carboxylic acids is 1. The van der Waals surface area contributed by atoms with Crippen molar-refractivity contribution in [1.29, 1.82) is 0 Å². The highest BCUT2D eigenvalue weighted by molar-refractivity contribution is 5.94. The molecule has 6 heteroatoms. The van der Waals surface area contributed by atoms with Gasteiger partial charge in [0.1, 0.15) is 11.4 Å². The molecule has 12 heavy (non-hydrogen) atoms. The van der Waals surface area contributed by atoms with Crippen molar-refractivity contribution in [2.45, 2.75) is 13.8 Å². The molecule has 0 radical (unpaired) electrons. The van der Waals surface area contributed by atoms with E-state index in [4.69, 9.17) is 5.73 Å². The Morgan fingerprint density at radius 1 is 1.42 bits per heavy atom. The van der Waals surface area contributed by atoms with Crippen molar-refractivity contribution < 1.29 is 9.75 Å². The van der Waals surface area contributed by atoms with E-state index >= 15 is 0 Å². The highest BCUT2D eigenvalue weighted by Crippen LogP contribution is 2.03. The van der Waals surface area contributed by atoms with Crippen LogP contribution < -0.4 is 10.7 Å². The molecule has 64 valence electrons. The van der Waals surface area contributed by atoms with Gasteiger partial charge in [0, 0.05) is 10.2 Å². The van der Waals surface area contributed by atoms with Gasteiger partial charge in [0.2, 0.25) is 0 Å². The maximum absolute atomic E-state index is 10.8. The van der Waals surface area contributed by atoms with Gasteiger partial charge in [-0.3, -0.25) is 4.79 Å². The first-order chi connectivity index (χ1) is 5.52. The van der Waals surface area contributed by atoms with Crippen LogP contribution in [0.4, 0.5) is 0 Å². The Balaban J connectivity index is 3.38. The normalized spacial score (nSPS) is 9.83. The smallest absolute Gasteiger partial charge is 0.252 e. The Bertz CT molecular complexity index is 313. The highest BCUT2D eigenvalue weighted by atomic mass is 16.5. The van der Waals surface area contributed by atoms with Gasteiger partial charge in [-0.2, -0.15) is 0 Å². The van der Waals surface area contributed by atoms with Crippen molar-refractivity contribution >= 4 is 5.91 Å². The molecule has 2 N–H and O–H groups in total. The minimum atomic E-state index is -0.620.